The van der Waals surface area contributed by atoms with Crippen molar-refractivity contribution in [3.63, 3.8) is 0 Å². The summed E-state index contributed by atoms with van der Waals surface area (Å²) in [7, 11) is 0. The molecule has 1 aromatic rings. The Labute approximate surface area is 107 Å². The molecule has 1 heterocycles. The van der Waals surface area contributed by atoms with Crippen LogP contribution in [0.2, 0.25) is 5.02 Å². The second kappa shape index (κ2) is 5.17. The first-order valence-corrected chi connectivity index (χ1v) is 6.21. The van der Waals surface area contributed by atoms with Crippen LogP contribution in [0.1, 0.15) is 12.8 Å². The molecule has 1 fully saturated rings. The van der Waals surface area contributed by atoms with E-state index in [2.05, 4.69) is 21.2 Å². The summed E-state index contributed by atoms with van der Waals surface area (Å²) in [6, 6.07) is 5.30. The summed E-state index contributed by atoms with van der Waals surface area (Å²) >= 11 is 9.22. The summed E-state index contributed by atoms with van der Waals surface area (Å²) in [5.41, 5.74) is 0.689. The Morgan fingerprint density at radius 3 is 3.00 bits per heavy atom. The van der Waals surface area contributed by atoms with E-state index in [-0.39, 0.29) is 12.0 Å². The van der Waals surface area contributed by atoms with Crippen molar-refractivity contribution in [3.8, 4) is 0 Å². The maximum absolute atomic E-state index is 11.7. The van der Waals surface area contributed by atoms with E-state index in [1.54, 1.807) is 18.2 Å². The fourth-order valence-corrected chi connectivity index (χ4v) is 2.01. The molecular formula is C11H11BrClNO2. The Bertz CT molecular complexity index is 405. The molecule has 1 aliphatic rings. The number of halogens is 2. The molecule has 1 unspecified atom stereocenters. The zero-order valence-corrected chi connectivity index (χ0v) is 10.8. The van der Waals surface area contributed by atoms with Gasteiger partial charge in [-0.2, -0.15) is 0 Å². The van der Waals surface area contributed by atoms with Crippen LogP contribution in [0.4, 0.5) is 5.69 Å². The molecule has 0 aliphatic carbocycles. The van der Waals surface area contributed by atoms with Gasteiger partial charge in [-0.15, -0.1) is 0 Å². The smallest absolute Gasteiger partial charge is 0.253 e. The van der Waals surface area contributed by atoms with Crippen LogP contribution in [0, 0.1) is 0 Å². The average Bonchev–Trinajstić information content (AvgIpc) is 2.77. The van der Waals surface area contributed by atoms with Crippen LogP contribution in [-0.2, 0) is 9.53 Å². The Balaban J connectivity index is 2.02. The molecule has 1 saturated heterocycles. The summed E-state index contributed by atoms with van der Waals surface area (Å²) in [5, 5.41) is 3.36. The second-order valence-electron chi connectivity index (χ2n) is 3.62. The van der Waals surface area contributed by atoms with E-state index in [0.717, 1.165) is 17.3 Å². The van der Waals surface area contributed by atoms with E-state index in [1.807, 2.05) is 0 Å². The van der Waals surface area contributed by atoms with Gasteiger partial charge in [-0.05, 0) is 47.0 Å². The van der Waals surface area contributed by atoms with Crippen LogP contribution in [0.25, 0.3) is 0 Å². The van der Waals surface area contributed by atoms with Gasteiger partial charge >= 0.3 is 0 Å². The lowest BCUT2D eigenvalue weighted by Gasteiger charge is -2.10. The van der Waals surface area contributed by atoms with Gasteiger partial charge in [0.2, 0.25) is 0 Å². The maximum Gasteiger partial charge on any atom is 0.253 e. The van der Waals surface area contributed by atoms with E-state index in [0.29, 0.717) is 17.3 Å². The van der Waals surface area contributed by atoms with E-state index in [9.17, 15) is 4.79 Å². The van der Waals surface area contributed by atoms with Crippen molar-refractivity contribution in [2.75, 3.05) is 11.9 Å². The Morgan fingerprint density at radius 1 is 1.56 bits per heavy atom. The molecular weight excluding hydrogens is 293 g/mol. The lowest BCUT2D eigenvalue weighted by atomic mass is 10.2. The van der Waals surface area contributed by atoms with E-state index < -0.39 is 0 Å². The van der Waals surface area contributed by atoms with Crippen molar-refractivity contribution < 1.29 is 9.53 Å². The zero-order chi connectivity index (χ0) is 11.5. The fourth-order valence-electron chi connectivity index (χ4n) is 1.58. The highest BCUT2D eigenvalue weighted by molar-refractivity contribution is 9.10. The number of hydrogen-bond acceptors (Lipinski definition) is 2. The highest BCUT2D eigenvalue weighted by Crippen LogP contribution is 2.26. The number of benzene rings is 1. The first kappa shape index (κ1) is 11.9. The number of carbonyl (C=O) groups is 1. The van der Waals surface area contributed by atoms with Gasteiger partial charge < -0.3 is 10.1 Å². The maximum atomic E-state index is 11.7. The third-order valence-corrected chi connectivity index (χ3v) is 3.64. The third kappa shape index (κ3) is 2.75. The summed E-state index contributed by atoms with van der Waals surface area (Å²) in [4.78, 5) is 11.7. The molecule has 0 saturated carbocycles. The fraction of sp³-hybridized carbons (Fsp3) is 0.364. The molecule has 1 atom stereocenters. The molecule has 0 radical (unpaired) electrons. The van der Waals surface area contributed by atoms with E-state index >= 15 is 0 Å². The molecule has 1 N–H and O–H groups in total. The van der Waals surface area contributed by atoms with Gasteiger partial charge in [0, 0.05) is 16.8 Å². The van der Waals surface area contributed by atoms with Gasteiger partial charge in [-0.3, -0.25) is 4.79 Å². The molecule has 86 valence electrons. The van der Waals surface area contributed by atoms with Crippen LogP contribution in [0.5, 0.6) is 0 Å². The number of anilines is 1. The molecule has 0 aromatic heterocycles. The molecule has 0 bridgehead atoms. The molecule has 2 rings (SSSR count). The van der Waals surface area contributed by atoms with Crippen molar-refractivity contribution >= 4 is 39.1 Å². The quantitative estimate of drug-likeness (QED) is 0.911. The summed E-state index contributed by atoms with van der Waals surface area (Å²) in [6.07, 6.45) is 1.41. The number of amides is 1. The van der Waals surface area contributed by atoms with E-state index in [4.69, 9.17) is 16.3 Å². The lowest BCUT2D eigenvalue weighted by molar-refractivity contribution is -0.124. The zero-order valence-electron chi connectivity index (χ0n) is 8.50. The highest BCUT2D eigenvalue weighted by Gasteiger charge is 2.23. The normalized spacial score (nSPS) is 19.8. The SMILES string of the molecule is O=C(Nc1ccc(Br)c(Cl)c1)C1CCCO1. The molecule has 1 amide bonds. The van der Waals surface area contributed by atoms with Crippen molar-refractivity contribution in [3.05, 3.63) is 27.7 Å². The topological polar surface area (TPSA) is 38.3 Å². The van der Waals surface area contributed by atoms with Crippen LogP contribution in [0.3, 0.4) is 0 Å². The van der Waals surface area contributed by atoms with E-state index in [1.165, 1.54) is 0 Å². The Kier molecular flexibility index (Phi) is 3.84. The standard InChI is InChI=1S/C11H11BrClNO2/c12-8-4-3-7(6-9(8)13)14-11(15)10-2-1-5-16-10/h3-4,6,10H,1-2,5H2,(H,14,15). The van der Waals surface area contributed by atoms with Gasteiger partial charge in [-0.25, -0.2) is 0 Å². The van der Waals surface area contributed by atoms with Crippen LogP contribution in [-0.4, -0.2) is 18.6 Å². The van der Waals surface area contributed by atoms with Gasteiger partial charge in [0.15, 0.2) is 0 Å². The number of nitrogens with one attached hydrogen (secondary N) is 1. The predicted molar refractivity (Wildman–Crippen MR) is 66.8 cm³/mol. The van der Waals surface area contributed by atoms with Crippen LogP contribution >= 0.6 is 27.5 Å². The average molecular weight is 305 g/mol. The number of hydrogen-bond donors (Lipinski definition) is 1. The first-order chi connectivity index (χ1) is 7.66. The Hall–Kier alpha value is -0.580. The van der Waals surface area contributed by atoms with Gasteiger partial charge in [-0.1, -0.05) is 11.6 Å². The van der Waals surface area contributed by atoms with Crippen molar-refractivity contribution in [2.24, 2.45) is 0 Å². The lowest BCUT2D eigenvalue weighted by Crippen LogP contribution is -2.26. The van der Waals surface area contributed by atoms with Crippen molar-refractivity contribution in [1.29, 1.82) is 0 Å². The monoisotopic (exact) mass is 303 g/mol. The van der Waals surface area contributed by atoms with Crippen molar-refractivity contribution in [1.82, 2.24) is 0 Å². The number of ether oxygens (including phenoxy) is 1. The Morgan fingerprint density at radius 2 is 2.38 bits per heavy atom. The van der Waals surface area contributed by atoms with Gasteiger partial charge in [0.1, 0.15) is 6.10 Å². The predicted octanol–water partition coefficient (Wildman–Crippen LogP) is 3.22. The molecule has 1 aromatic carbocycles. The third-order valence-electron chi connectivity index (χ3n) is 2.41. The summed E-state index contributed by atoms with van der Waals surface area (Å²) in [6.45, 7) is 0.666. The van der Waals surface area contributed by atoms with Gasteiger partial charge in [0.25, 0.3) is 5.91 Å². The van der Waals surface area contributed by atoms with Crippen LogP contribution in [0.15, 0.2) is 22.7 Å². The molecule has 1 aliphatic heterocycles. The molecule has 5 heteroatoms. The minimum Gasteiger partial charge on any atom is -0.368 e. The first-order valence-electron chi connectivity index (χ1n) is 5.04. The number of carbonyl (C=O) groups excluding carboxylic acids is 1. The number of rotatable bonds is 2. The molecule has 16 heavy (non-hydrogen) atoms. The van der Waals surface area contributed by atoms with Crippen molar-refractivity contribution in [2.45, 2.75) is 18.9 Å². The summed E-state index contributed by atoms with van der Waals surface area (Å²) < 4.78 is 6.10. The second-order valence-corrected chi connectivity index (χ2v) is 4.88. The minimum atomic E-state index is -0.317. The van der Waals surface area contributed by atoms with Crippen LogP contribution < -0.4 is 5.32 Å². The largest absolute Gasteiger partial charge is 0.368 e. The molecule has 3 nitrogen and oxygen atoms in total. The summed E-state index contributed by atoms with van der Waals surface area (Å²) in [5.74, 6) is -0.101. The highest BCUT2D eigenvalue weighted by atomic mass is 79.9. The van der Waals surface area contributed by atoms with Gasteiger partial charge in [0.05, 0.1) is 5.02 Å². The molecule has 0 spiro atoms. The minimum absolute atomic E-state index is 0.101.